The summed E-state index contributed by atoms with van der Waals surface area (Å²) >= 11 is 0. The number of ether oxygens (including phenoxy) is 1. The zero-order valence-electron chi connectivity index (χ0n) is 13.0. The van der Waals surface area contributed by atoms with Crippen molar-refractivity contribution >= 4 is 17.2 Å². The molecule has 2 aromatic rings. The third-order valence-corrected chi connectivity index (χ3v) is 4.82. The van der Waals surface area contributed by atoms with Crippen LogP contribution >= 0.6 is 0 Å². The Labute approximate surface area is 134 Å². The molecule has 1 saturated heterocycles. The summed E-state index contributed by atoms with van der Waals surface area (Å²) < 4.78 is 7.35. The highest BCUT2D eigenvalue weighted by Gasteiger charge is 2.35. The molecular formula is C16H21N5O2. The molecule has 2 aromatic heterocycles. The number of nitrogens with zero attached hydrogens (tertiary/aromatic N) is 4. The van der Waals surface area contributed by atoms with Gasteiger partial charge in [0.1, 0.15) is 12.4 Å². The quantitative estimate of drug-likeness (QED) is 0.924. The molecule has 1 atom stereocenters. The van der Waals surface area contributed by atoms with Gasteiger partial charge in [-0.15, -0.1) is 10.2 Å². The Hall–Kier alpha value is -1.99. The van der Waals surface area contributed by atoms with Gasteiger partial charge in [0, 0.05) is 18.8 Å². The number of carbonyl (C=O) groups excluding carboxylic acids is 1. The van der Waals surface area contributed by atoms with E-state index in [0.717, 1.165) is 17.9 Å². The third-order valence-electron chi connectivity index (χ3n) is 4.82. The van der Waals surface area contributed by atoms with E-state index in [9.17, 15) is 4.79 Å². The minimum Gasteiger partial charge on any atom is -0.378 e. The molecule has 1 amide bonds. The maximum Gasteiger partial charge on any atom is 0.244 e. The van der Waals surface area contributed by atoms with Gasteiger partial charge in [0.05, 0.1) is 18.9 Å². The van der Waals surface area contributed by atoms with Crippen molar-refractivity contribution in [1.82, 2.24) is 19.5 Å². The first-order chi connectivity index (χ1) is 11.3. The maximum absolute atomic E-state index is 12.7. The molecular weight excluding hydrogens is 294 g/mol. The number of hydrogen-bond donors (Lipinski definition) is 1. The monoisotopic (exact) mass is 315 g/mol. The second kappa shape index (κ2) is 6.25. The molecule has 122 valence electrons. The summed E-state index contributed by atoms with van der Waals surface area (Å²) in [5.74, 6) is 0.00373. The first kappa shape index (κ1) is 14.6. The maximum atomic E-state index is 12.7. The average Bonchev–Trinajstić information content (AvgIpc) is 3.26. The number of nitrogens with one attached hydrogen (secondary N) is 1. The van der Waals surface area contributed by atoms with Gasteiger partial charge in [-0.3, -0.25) is 14.1 Å². The van der Waals surface area contributed by atoms with Crippen molar-refractivity contribution in [3.8, 4) is 0 Å². The first-order valence-corrected chi connectivity index (χ1v) is 8.25. The average molecular weight is 315 g/mol. The van der Waals surface area contributed by atoms with Crippen molar-refractivity contribution in [1.29, 1.82) is 0 Å². The second-order valence-corrected chi connectivity index (χ2v) is 6.27. The Kier molecular flexibility index (Phi) is 3.97. The first-order valence-electron chi connectivity index (χ1n) is 8.25. The standard InChI is InChI=1S/C16H21N5O2/c22-16(18-12-5-6-15-19-17-11-20(15)9-12)14-10-23-8-7-21(14)13-3-1-2-4-13/h5-6,9,11,13-14H,1-4,7-8,10H2,(H,18,22)/t14-/m0/s1. The Balaban J connectivity index is 1.49. The minimum atomic E-state index is -0.205. The lowest BCUT2D eigenvalue weighted by atomic mass is 10.1. The molecule has 0 spiro atoms. The van der Waals surface area contributed by atoms with Gasteiger partial charge in [-0.25, -0.2) is 0 Å². The van der Waals surface area contributed by atoms with Crippen LogP contribution < -0.4 is 5.32 Å². The van der Waals surface area contributed by atoms with E-state index in [1.54, 1.807) is 10.7 Å². The van der Waals surface area contributed by atoms with Crippen LogP contribution in [-0.4, -0.2) is 57.2 Å². The molecule has 1 aliphatic heterocycles. The number of rotatable bonds is 3. The van der Waals surface area contributed by atoms with Crippen LogP contribution in [0.25, 0.3) is 5.65 Å². The van der Waals surface area contributed by atoms with Crippen molar-refractivity contribution in [2.24, 2.45) is 0 Å². The summed E-state index contributed by atoms with van der Waals surface area (Å²) in [6, 6.07) is 4.01. The van der Waals surface area contributed by atoms with Crippen LogP contribution in [0, 0.1) is 0 Å². The largest absolute Gasteiger partial charge is 0.378 e. The molecule has 0 bridgehead atoms. The van der Waals surface area contributed by atoms with Crippen LogP contribution in [0.15, 0.2) is 24.7 Å². The Morgan fingerprint density at radius 3 is 3.04 bits per heavy atom. The molecule has 3 heterocycles. The van der Waals surface area contributed by atoms with Crippen LogP contribution in [0.4, 0.5) is 5.69 Å². The van der Waals surface area contributed by atoms with Crippen molar-refractivity contribution in [3.05, 3.63) is 24.7 Å². The number of carbonyl (C=O) groups is 1. The number of hydrogen-bond acceptors (Lipinski definition) is 5. The lowest BCUT2D eigenvalue weighted by molar-refractivity contribution is -0.129. The van der Waals surface area contributed by atoms with E-state index in [-0.39, 0.29) is 11.9 Å². The van der Waals surface area contributed by atoms with Gasteiger partial charge in [0.25, 0.3) is 0 Å². The van der Waals surface area contributed by atoms with Crippen molar-refractivity contribution in [3.63, 3.8) is 0 Å². The fraction of sp³-hybridized carbons (Fsp3) is 0.562. The van der Waals surface area contributed by atoms with Gasteiger partial charge in [-0.2, -0.15) is 0 Å². The normalized spacial score (nSPS) is 23.4. The number of aromatic nitrogens is 3. The van der Waals surface area contributed by atoms with Gasteiger partial charge in [-0.1, -0.05) is 12.8 Å². The summed E-state index contributed by atoms with van der Waals surface area (Å²) in [4.78, 5) is 15.1. The zero-order chi connectivity index (χ0) is 15.6. The van der Waals surface area contributed by atoms with Crippen molar-refractivity contribution in [2.75, 3.05) is 25.1 Å². The molecule has 2 aliphatic rings. The van der Waals surface area contributed by atoms with Crippen LogP contribution in [-0.2, 0) is 9.53 Å². The molecule has 1 N–H and O–H groups in total. The smallest absolute Gasteiger partial charge is 0.244 e. The number of fused-ring (bicyclic) bond motifs is 1. The molecule has 2 fully saturated rings. The lowest BCUT2D eigenvalue weighted by Gasteiger charge is -2.38. The number of anilines is 1. The fourth-order valence-electron chi connectivity index (χ4n) is 3.64. The van der Waals surface area contributed by atoms with Gasteiger partial charge in [0.15, 0.2) is 5.65 Å². The van der Waals surface area contributed by atoms with Crippen molar-refractivity contribution < 1.29 is 9.53 Å². The summed E-state index contributed by atoms with van der Waals surface area (Å²) in [6.45, 7) is 2.03. The predicted molar refractivity (Wildman–Crippen MR) is 85.2 cm³/mol. The van der Waals surface area contributed by atoms with Gasteiger partial charge in [0.2, 0.25) is 5.91 Å². The van der Waals surface area contributed by atoms with E-state index in [1.807, 2.05) is 18.3 Å². The molecule has 7 heteroatoms. The Morgan fingerprint density at radius 1 is 1.30 bits per heavy atom. The van der Waals surface area contributed by atoms with Gasteiger partial charge in [-0.05, 0) is 25.0 Å². The van der Waals surface area contributed by atoms with E-state index in [0.29, 0.717) is 19.3 Å². The van der Waals surface area contributed by atoms with Crippen molar-refractivity contribution in [2.45, 2.75) is 37.8 Å². The number of amides is 1. The summed E-state index contributed by atoms with van der Waals surface area (Å²) in [5, 5.41) is 10.8. The lowest BCUT2D eigenvalue weighted by Crippen LogP contribution is -2.55. The van der Waals surface area contributed by atoms with E-state index in [1.165, 1.54) is 25.7 Å². The highest BCUT2D eigenvalue weighted by atomic mass is 16.5. The summed E-state index contributed by atoms with van der Waals surface area (Å²) in [5.41, 5.74) is 1.51. The molecule has 0 radical (unpaired) electrons. The SMILES string of the molecule is O=C(Nc1ccc2nncn2c1)[C@@H]1COCCN1C1CCCC1. The van der Waals surface area contributed by atoms with Gasteiger partial charge >= 0.3 is 0 Å². The Bertz CT molecular complexity index is 695. The molecule has 7 nitrogen and oxygen atoms in total. The summed E-state index contributed by atoms with van der Waals surface area (Å²) in [7, 11) is 0. The van der Waals surface area contributed by atoms with Crippen LogP contribution in [0.5, 0.6) is 0 Å². The topological polar surface area (TPSA) is 71.8 Å². The third kappa shape index (κ3) is 2.94. The highest BCUT2D eigenvalue weighted by molar-refractivity contribution is 5.95. The van der Waals surface area contributed by atoms with Gasteiger partial charge < -0.3 is 10.1 Å². The summed E-state index contributed by atoms with van der Waals surface area (Å²) in [6.07, 6.45) is 8.37. The van der Waals surface area contributed by atoms with E-state index in [2.05, 4.69) is 20.4 Å². The Morgan fingerprint density at radius 2 is 2.17 bits per heavy atom. The molecule has 1 aliphatic carbocycles. The van der Waals surface area contributed by atoms with Crippen LogP contribution in [0.1, 0.15) is 25.7 Å². The van der Waals surface area contributed by atoms with E-state index >= 15 is 0 Å². The van der Waals surface area contributed by atoms with E-state index < -0.39 is 0 Å². The van der Waals surface area contributed by atoms with Crippen LogP contribution in [0.2, 0.25) is 0 Å². The number of pyridine rings is 1. The minimum absolute atomic E-state index is 0.00373. The molecule has 1 saturated carbocycles. The predicted octanol–water partition coefficient (Wildman–Crippen LogP) is 1.31. The zero-order valence-corrected chi connectivity index (χ0v) is 13.0. The highest BCUT2D eigenvalue weighted by Crippen LogP contribution is 2.27. The second-order valence-electron chi connectivity index (χ2n) is 6.27. The number of morpholine rings is 1. The van der Waals surface area contributed by atoms with Crippen LogP contribution in [0.3, 0.4) is 0 Å². The molecule has 0 aromatic carbocycles. The fourth-order valence-corrected chi connectivity index (χ4v) is 3.64. The molecule has 0 unspecified atom stereocenters. The molecule has 4 rings (SSSR count). The van der Waals surface area contributed by atoms with E-state index in [4.69, 9.17) is 4.74 Å². The molecule has 23 heavy (non-hydrogen) atoms.